The molecule has 0 unspecified atom stereocenters. The maximum Gasteiger partial charge on any atom is 0.410 e. The van der Waals surface area contributed by atoms with Crippen LogP contribution in [-0.2, 0) is 4.74 Å². The van der Waals surface area contributed by atoms with Gasteiger partial charge in [-0.1, -0.05) is 0 Å². The van der Waals surface area contributed by atoms with Gasteiger partial charge in [0.25, 0.3) is 0 Å². The fourth-order valence-corrected chi connectivity index (χ4v) is 1.78. The van der Waals surface area contributed by atoms with Crippen LogP contribution in [-0.4, -0.2) is 41.9 Å². The van der Waals surface area contributed by atoms with Crippen molar-refractivity contribution in [1.82, 2.24) is 4.90 Å². The maximum atomic E-state index is 12.9. The Hall–Kier alpha value is -0.980. The number of hydrogen-bond donors (Lipinski definition) is 1. The molecule has 1 fully saturated rings. The summed E-state index contributed by atoms with van der Waals surface area (Å²) in [5.41, 5.74) is 2.70. The van der Waals surface area contributed by atoms with Gasteiger partial charge in [0.1, 0.15) is 5.60 Å². The summed E-state index contributed by atoms with van der Waals surface area (Å²) in [6.07, 6.45) is -5.20. The predicted octanol–water partition coefficient (Wildman–Crippen LogP) is 2.13. The minimum atomic E-state index is -4.44. The first-order chi connectivity index (χ1) is 7.87. The Morgan fingerprint density at radius 2 is 1.89 bits per heavy atom. The lowest BCUT2D eigenvalue weighted by Gasteiger charge is -2.30. The first-order valence-electron chi connectivity index (χ1n) is 5.67. The van der Waals surface area contributed by atoms with Crippen LogP contribution in [0.5, 0.6) is 0 Å². The molecule has 7 heteroatoms. The summed E-state index contributed by atoms with van der Waals surface area (Å²) >= 11 is 0. The summed E-state index contributed by atoms with van der Waals surface area (Å²) in [6, 6.07) is -1.13. The normalized spacial score (nSPS) is 29.6. The van der Waals surface area contributed by atoms with Crippen molar-refractivity contribution in [3.8, 4) is 0 Å². The van der Waals surface area contributed by atoms with Crippen LogP contribution in [0, 0.1) is 5.41 Å². The molecule has 2 N–H and O–H groups in total. The molecular formula is C11H19F3N2O2. The van der Waals surface area contributed by atoms with Gasteiger partial charge in [0.05, 0.1) is 5.41 Å². The highest BCUT2D eigenvalue weighted by molar-refractivity contribution is 5.68. The Kier molecular flexibility index (Phi) is 3.60. The van der Waals surface area contributed by atoms with E-state index in [1.807, 2.05) is 0 Å². The fourth-order valence-electron chi connectivity index (χ4n) is 1.78. The second-order valence-corrected chi connectivity index (χ2v) is 5.88. The van der Waals surface area contributed by atoms with Crippen molar-refractivity contribution in [2.45, 2.75) is 45.5 Å². The zero-order chi connectivity index (χ0) is 14.4. The monoisotopic (exact) mass is 268 g/mol. The van der Waals surface area contributed by atoms with Gasteiger partial charge in [-0.2, -0.15) is 13.2 Å². The first-order valence-corrected chi connectivity index (χ1v) is 5.67. The van der Waals surface area contributed by atoms with E-state index < -0.39 is 35.9 Å². The molecule has 2 atom stereocenters. The smallest absolute Gasteiger partial charge is 0.410 e. The number of carbonyl (C=O) groups is 1. The summed E-state index contributed by atoms with van der Waals surface area (Å²) in [5, 5.41) is 0. The molecule has 18 heavy (non-hydrogen) atoms. The number of amides is 1. The first kappa shape index (κ1) is 15.1. The highest BCUT2D eigenvalue weighted by atomic mass is 19.4. The van der Waals surface area contributed by atoms with E-state index in [9.17, 15) is 18.0 Å². The standard InChI is InChI=1S/C11H19F3N2O2/c1-9(2,3)18-8(17)16-5-7(15)10(4,6-16)11(12,13)14/h7H,5-6,15H2,1-4H3/t7-,10+/m1/s1. The van der Waals surface area contributed by atoms with Crippen molar-refractivity contribution in [3.05, 3.63) is 0 Å². The minimum Gasteiger partial charge on any atom is -0.444 e. The molecule has 0 aliphatic carbocycles. The number of nitrogens with zero attached hydrogens (tertiary/aromatic N) is 1. The van der Waals surface area contributed by atoms with Crippen molar-refractivity contribution < 1.29 is 22.7 Å². The SMILES string of the molecule is CC(C)(C)OC(=O)N1C[C@@H](N)[C@@](C)(C(F)(F)F)C1. The number of carbonyl (C=O) groups excluding carboxylic acids is 1. The lowest BCUT2D eigenvalue weighted by molar-refractivity contribution is -0.216. The molecule has 0 aromatic rings. The molecule has 4 nitrogen and oxygen atoms in total. The average Bonchev–Trinajstić information content (AvgIpc) is 2.40. The van der Waals surface area contributed by atoms with Crippen LogP contribution in [0.25, 0.3) is 0 Å². The number of nitrogens with two attached hydrogens (primary N) is 1. The zero-order valence-electron chi connectivity index (χ0n) is 11.0. The molecule has 1 amide bonds. The number of rotatable bonds is 0. The van der Waals surface area contributed by atoms with Crippen molar-refractivity contribution in [1.29, 1.82) is 0 Å². The Balaban J connectivity index is 2.79. The summed E-state index contributed by atoms with van der Waals surface area (Å²) in [7, 11) is 0. The summed E-state index contributed by atoms with van der Waals surface area (Å²) in [5.74, 6) is 0. The van der Waals surface area contributed by atoms with Gasteiger partial charge in [-0.15, -0.1) is 0 Å². The summed E-state index contributed by atoms with van der Waals surface area (Å²) < 4.78 is 43.8. The van der Waals surface area contributed by atoms with E-state index in [0.29, 0.717) is 0 Å². The van der Waals surface area contributed by atoms with Gasteiger partial charge in [0.2, 0.25) is 0 Å². The van der Waals surface area contributed by atoms with E-state index in [4.69, 9.17) is 10.5 Å². The third-order valence-corrected chi connectivity index (χ3v) is 3.05. The van der Waals surface area contributed by atoms with Crippen molar-refractivity contribution in [2.24, 2.45) is 11.1 Å². The largest absolute Gasteiger partial charge is 0.444 e. The van der Waals surface area contributed by atoms with Crippen molar-refractivity contribution in [3.63, 3.8) is 0 Å². The third-order valence-electron chi connectivity index (χ3n) is 3.05. The van der Waals surface area contributed by atoms with Gasteiger partial charge in [-0.3, -0.25) is 0 Å². The molecule has 0 radical (unpaired) electrons. The van der Waals surface area contributed by atoms with Crippen LogP contribution in [0.1, 0.15) is 27.7 Å². The molecule has 0 bridgehead atoms. The van der Waals surface area contributed by atoms with E-state index in [1.165, 1.54) is 0 Å². The maximum absolute atomic E-state index is 12.9. The van der Waals surface area contributed by atoms with Crippen LogP contribution < -0.4 is 5.73 Å². The number of halogens is 3. The van der Waals surface area contributed by atoms with Crippen LogP contribution in [0.15, 0.2) is 0 Å². The molecular weight excluding hydrogens is 249 g/mol. The van der Waals surface area contributed by atoms with Crippen LogP contribution >= 0.6 is 0 Å². The summed E-state index contributed by atoms with van der Waals surface area (Å²) in [6.45, 7) is 5.39. The highest BCUT2D eigenvalue weighted by Crippen LogP contribution is 2.44. The molecule has 0 saturated carbocycles. The molecule has 1 heterocycles. The molecule has 1 aliphatic heterocycles. The Morgan fingerprint density at radius 1 is 1.39 bits per heavy atom. The van der Waals surface area contributed by atoms with E-state index >= 15 is 0 Å². The number of alkyl halides is 3. The summed E-state index contributed by atoms with van der Waals surface area (Å²) in [4.78, 5) is 12.7. The number of hydrogen-bond acceptors (Lipinski definition) is 3. The molecule has 106 valence electrons. The van der Waals surface area contributed by atoms with E-state index in [2.05, 4.69) is 0 Å². The van der Waals surface area contributed by atoms with Crippen LogP contribution in [0.2, 0.25) is 0 Å². The second kappa shape index (κ2) is 4.29. The minimum absolute atomic E-state index is 0.148. The van der Waals surface area contributed by atoms with E-state index in [-0.39, 0.29) is 6.54 Å². The van der Waals surface area contributed by atoms with Gasteiger partial charge in [-0.05, 0) is 27.7 Å². The fraction of sp³-hybridized carbons (Fsp3) is 0.909. The molecule has 0 aromatic heterocycles. The topological polar surface area (TPSA) is 55.6 Å². The van der Waals surface area contributed by atoms with Crippen LogP contribution in [0.3, 0.4) is 0 Å². The Bertz CT molecular complexity index is 338. The van der Waals surface area contributed by atoms with Gasteiger partial charge < -0.3 is 15.4 Å². The van der Waals surface area contributed by atoms with Gasteiger partial charge in [-0.25, -0.2) is 4.79 Å². The average molecular weight is 268 g/mol. The molecule has 1 saturated heterocycles. The van der Waals surface area contributed by atoms with Crippen molar-refractivity contribution in [2.75, 3.05) is 13.1 Å². The lowest BCUT2D eigenvalue weighted by atomic mass is 9.85. The molecule has 0 aromatic carbocycles. The number of ether oxygens (including phenoxy) is 1. The quantitative estimate of drug-likeness (QED) is 0.732. The van der Waals surface area contributed by atoms with E-state index in [1.54, 1.807) is 20.8 Å². The van der Waals surface area contributed by atoms with Crippen LogP contribution in [0.4, 0.5) is 18.0 Å². The van der Waals surface area contributed by atoms with Gasteiger partial charge >= 0.3 is 12.3 Å². The molecule has 1 aliphatic rings. The third kappa shape index (κ3) is 2.88. The van der Waals surface area contributed by atoms with E-state index in [0.717, 1.165) is 11.8 Å². The molecule has 1 rings (SSSR count). The van der Waals surface area contributed by atoms with Gasteiger partial charge in [0, 0.05) is 19.1 Å². The molecule has 0 spiro atoms. The van der Waals surface area contributed by atoms with Crippen molar-refractivity contribution >= 4 is 6.09 Å². The number of likely N-dealkylation sites (tertiary alicyclic amines) is 1. The predicted molar refractivity (Wildman–Crippen MR) is 59.9 cm³/mol. The Morgan fingerprint density at radius 3 is 2.22 bits per heavy atom. The second-order valence-electron chi connectivity index (χ2n) is 5.88. The lowest BCUT2D eigenvalue weighted by Crippen LogP contribution is -2.49. The van der Waals surface area contributed by atoms with Gasteiger partial charge in [0.15, 0.2) is 0 Å². The zero-order valence-corrected chi connectivity index (χ0v) is 11.0. The Labute approximate surface area is 104 Å². The highest BCUT2D eigenvalue weighted by Gasteiger charge is 2.60.